The molecule has 1 aromatic carbocycles. The zero-order chi connectivity index (χ0) is 13.9. The van der Waals surface area contributed by atoms with Crippen LogP contribution in [-0.2, 0) is 0 Å². The normalized spacial score (nSPS) is 15.4. The number of nitrogens with two attached hydrogens (primary N) is 1. The van der Waals surface area contributed by atoms with Crippen LogP contribution in [0.2, 0.25) is 0 Å². The number of rotatable bonds is 2. The summed E-state index contributed by atoms with van der Waals surface area (Å²) >= 11 is 3.50. The molecule has 0 aliphatic carbocycles. The summed E-state index contributed by atoms with van der Waals surface area (Å²) in [5, 5.41) is 0. The summed E-state index contributed by atoms with van der Waals surface area (Å²) in [7, 11) is 0. The Kier molecular flexibility index (Phi) is 3.73. The molecule has 0 atom stereocenters. The quantitative estimate of drug-likeness (QED) is 0.853. The van der Waals surface area contributed by atoms with Crippen LogP contribution in [0.5, 0.6) is 0 Å². The molecule has 0 spiro atoms. The van der Waals surface area contributed by atoms with Gasteiger partial charge in [-0.2, -0.15) is 0 Å². The van der Waals surface area contributed by atoms with E-state index in [2.05, 4.69) is 41.8 Å². The van der Waals surface area contributed by atoms with Crippen molar-refractivity contribution in [3.63, 3.8) is 0 Å². The van der Waals surface area contributed by atoms with Crippen LogP contribution in [0.25, 0.3) is 0 Å². The first-order chi connectivity index (χ1) is 9.74. The highest BCUT2D eigenvalue weighted by Gasteiger charge is 2.20. The molecule has 0 bridgehead atoms. The van der Waals surface area contributed by atoms with Gasteiger partial charge in [-0.05, 0) is 24.3 Å². The van der Waals surface area contributed by atoms with E-state index in [1.165, 1.54) is 0 Å². The highest BCUT2D eigenvalue weighted by Crippen LogP contribution is 2.28. The largest absolute Gasteiger partial charge is 0.397 e. The lowest BCUT2D eigenvalue weighted by molar-refractivity contribution is 0.640. The van der Waals surface area contributed by atoms with E-state index in [9.17, 15) is 0 Å². The summed E-state index contributed by atoms with van der Waals surface area (Å²) in [6.45, 7) is 3.63. The van der Waals surface area contributed by atoms with Crippen LogP contribution in [0.15, 0.2) is 41.1 Å². The molecule has 0 unspecified atom stereocenters. The lowest BCUT2D eigenvalue weighted by Crippen LogP contribution is -2.47. The van der Waals surface area contributed by atoms with Crippen molar-refractivity contribution in [1.29, 1.82) is 0 Å². The van der Waals surface area contributed by atoms with E-state index in [1.807, 2.05) is 18.2 Å². The Bertz CT molecular complexity index is 581. The summed E-state index contributed by atoms with van der Waals surface area (Å²) in [5.41, 5.74) is 7.97. The van der Waals surface area contributed by atoms with E-state index < -0.39 is 0 Å². The zero-order valence-electron chi connectivity index (χ0n) is 11.0. The molecule has 2 aromatic rings. The maximum atomic E-state index is 6.07. The second-order valence-electron chi connectivity index (χ2n) is 4.73. The minimum atomic E-state index is 0.800. The predicted octanol–water partition coefficient (Wildman–Crippen LogP) is 2.15. The lowest BCUT2D eigenvalue weighted by atomic mass is 10.2. The number of benzene rings is 1. The van der Waals surface area contributed by atoms with E-state index in [4.69, 9.17) is 5.73 Å². The highest BCUT2D eigenvalue weighted by atomic mass is 79.9. The van der Waals surface area contributed by atoms with Crippen LogP contribution in [-0.4, -0.2) is 36.1 Å². The molecule has 1 aliphatic heterocycles. The second-order valence-corrected chi connectivity index (χ2v) is 5.64. The van der Waals surface area contributed by atoms with Gasteiger partial charge in [0.1, 0.15) is 0 Å². The molecule has 1 aromatic heterocycles. The molecule has 2 heterocycles. The lowest BCUT2D eigenvalue weighted by Gasteiger charge is -2.36. The van der Waals surface area contributed by atoms with Gasteiger partial charge in [-0.15, -0.1) is 0 Å². The number of hydrogen-bond donors (Lipinski definition) is 1. The number of piperazine rings is 1. The Labute approximate surface area is 126 Å². The van der Waals surface area contributed by atoms with Crippen molar-refractivity contribution in [2.75, 3.05) is 41.7 Å². The fourth-order valence-corrected chi connectivity index (χ4v) is 2.74. The SMILES string of the molecule is Nc1ccc(Br)cc1N1CCN(c2ncccn2)CC1. The van der Waals surface area contributed by atoms with Crippen molar-refractivity contribution >= 4 is 33.3 Å². The average molecular weight is 334 g/mol. The fourth-order valence-electron chi connectivity index (χ4n) is 2.39. The van der Waals surface area contributed by atoms with Crippen LogP contribution < -0.4 is 15.5 Å². The van der Waals surface area contributed by atoms with E-state index in [0.717, 1.165) is 48.0 Å². The van der Waals surface area contributed by atoms with Crippen molar-refractivity contribution in [3.05, 3.63) is 41.1 Å². The van der Waals surface area contributed by atoms with Crippen molar-refractivity contribution in [1.82, 2.24) is 9.97 Å². The van der Waals surface area contributed by atoms with E-state index in [0.29, 0.717) is 0 Å². The van der Waals surface area contributed by atoms with Crippen LogP contribution >= 0.6 is 15.9 Å². The Hall–Kier alpha value is -1.82. The van der Waals surface area contributed by atoms with Gasteiger partial charge in [-0.1, -0.05) is 15.9 Å². The number of nitrogen functional groups attached to an aromatic ring is 1. The van der Waals surface area contributed by atoms with Crippen LogP contribution in [0.3, 0.4) is 0 Å². The fraction of sp³-hybridized carbons (Fsp3) is 0.286. The minimum absolute atomic E-state index is 0.800. The molecule has 104 valence electrons. The maximum Gasteiger partial charge on any atom is 0.225 e. The molecule has 2 N–H and O–H groups in total. The van der Waals surface area contributed by atoms with E-state index in [-0.39, 0.29) is 0 Å². The highest BCUT2D eigenvalue weighted by molar-refractivity contribution is 9.10. The van der Waals surface area contributed by atoms with Crippen molar-refractivity contribution in [2.45, 2.75) is 0 Å². The Morgan fingerprint density at radius 1 is 1.00 bits per heavy atom. The summed E-state index contributed by atoms with van der Waals surface area (Å²) in [6.07, 6.45) is 3.56. The molecule has 0 radical (unpaired) electrons. The first-order valence-corrected chi connectivity index (χ1v) is 7.35. The summed E-state index contributed by atoms with van der Waals surface area (Å²) in [4.78, 5) is 13.1. The summed E-state index contributed by atoms with van der Waals surface area (Å²) < 4.78 is 1.05. The van der Waals surface area contributed by atoms with Gasteiger partial charge in [0.15, 0.2) is 0 Å². The monoisotopic (exact) mass is 333 g/mol. The van der Waals surface area contributed by atoms with Crippen molar-refractivity contribution < 1.29 is 0 Å². The number of nitrogens with zero attached hydrogens (tertiary/aromatic N) is 4. The molecule has 3 rings (SSSR count). The third-order valence-electron chi connectivity index (χ3n) is 3.45. The molecule has 20 heavy (non-hydrogen) atoms. The zero-order valence-corrected chi connectivity index (χ0v) is 12.6. The average Bonchev–Trinajstić information content (AvgIpc) is 2.51. The van der Waals surface area contributed by atoms with Gasteiger partial charge in [0, 0.05) is 43.0 Å². The third-order valence-corrected chi connectivity index (χ3v) is 3.94. The van der Waals surface area contributed by atoms with E-state index in [1.54, 1.807) is 12.4 Å². The van der Waals surface area contributed by atoms with Crippen LogP contribution in [0, 0.1) is 0 Å². The van der Waals surface area contributed by atoms with E-state index >= 15 is 0 Å². The third kappa shape index (κ3) is 2.70. The molecule has 0 saturated carbocycles. The molecular weight excluding hydrogens is 318 g/mol. The second kappa shape index (κ2) is 5.66. The number of halogens is 1. The summed E-state index contributed by atoms with van der Waals surface area (Å²) in [6, 6.07) is 7.81. The predicted molar refractivity (Wildman–Crippen MR) is 85.0 cm³/mol. The molecule has 0 amide bonds. The minimum Gasteiger partial charge on any atom is -0.397 e. The Morgan fingerprint density at radius 2 is 1.65 bits per heavy atom. The van der Waals surface area contributed by atoms with Crippen molar-refractivity contribution in [2.24, 2.45) is 0 Å². The maximum absolute atomic E-state index is 6.07. The first kappa shape index (κ1) is 13.2. The van der Waals surface area contributed by atoms with Gasteiger partial charge in [-0.3, -0.25) is 0 Å². The topological polar surface area (TPSA) is 58.3 Å². The number of anilines is 3. The van der Waals surface area contributed by atoms with Gasteiger partial charge in [0.25, 0.3) is 0 Å². The number of aromatic nitrogens is 2. The molecule has 6 heteroatoms. The molecule has 1 fully saturated rings. The Morgan fingerprint density at radius 3 is 2.35 bits per heavy atom. The molecule has 1 saturated heterocycles. The summed E-state index contributed by atoms with van der Waals surface area (Å²) in [5.74, 6) is 0.800. The van der Waals surface area contributed by atoms with Crippen LogP contribution in [0.4, 0.5) is 17.3 Å². The molecule has 1 aliphatic rings. The van der Waals surface area contributed by atoms with Gasteiger partial charge in [0.05, 0.1) is 11.4 Å². The first-order valence-electron chi connectivity index (χ1n) is 6.56. The Balaban J connectivity index is 1.71. The standard InChI is InChI=1S/C14H16BrN5/c15-11-2-3-12(16)13(10-11)19-6-8-20(9-7-19)14-17-4-1-5-18-14/h1-5,10H,6-9,16H2. The smallest absolute Gasteiger partial charge is 0.225 e. The molecular formula is C14H16BrN5. The van der Waals surface area contributed by atoms with Gasteiger partial charge in [-0.25, -0.2) is 9.97 Å². The van der Waals surface area contributed by atoms with Gasteiger partial charge in [0.2, 0.25) is 5.95 Å². The van der Waals surface area contributed by atoms with Crippen LogP contribution in [0.1, 0.15) is 0 Å². The van der Waals surface area contributed by atoms with Gasteiger partial charge >= 0.3 is 0 Å². The van der Waals surface area contributed by atoms with Crippen molar-refractivity contribution in [3.8, 4) is 0 Å². The molecule has 5 nitrogen and oxygen atoms in total. The number of hydrogen-bond acceptors (Lipinski definition) is 5. The van der Waals surface area contributed by atoms with Gasteiger partial charge < -0.3 is 15.5 Å².